The first kappa shape index (κ1) is 15.2. The molecule has 1 aliphatic heterocycles. The van der Waals surface area contributed by atoms with E-state index >= 15 is 0 Å². The Morgan fingerprint density at radius 3 is 2.79 bits per heavy atom. The van der Waals surface area contributed by atoms with Gasteiger partial charge in [0.25, 0.3) is 0 Å². The van der Waals surface area contributed by atoms with Crippen LogP contribution in [0.2, 0.25) is 0 Å². The first-order valence-electron chi connectivity index (χ1n) is 7.63. The summed E-state index contributed by atoms with van der Waals surface area (Å²) < 4.78 is 11.5. The molecule has 2 aliphatic rings. The third-order valence-corrected chi connectivity index (χ3v) is 5.05. The van der Waals surface area contributed by atoms with Crippen molar-refractivity contribution in [2.45, 2.75) is 58.3 Å². The van der Waals surface area contributed by atoms with Crippen LogP contribution < -0.4 is 5.73 Å². The van der Waals surface area contributed by atoms with Gasteiger partial charge in [-0.2, -0.15) is 0 Å². The van der Waals surface area contributed by atoms with Gasteiger partial charge in [-0.3, -0.25) is 4.90 Å². The minimum Gasteiger partial charge on any atom is -0.378 e. The van der Waals surface area contributed by atoms with E-state index in [-0.39, 0.29) is 11.0 Å². The molecule has 4 heteroatoms. The van der Waals surface area contributed by atoms with Gasteiger partial charge in [0, 0.05) is 43.8 Å². The molecule has 0 amide bonds. The highest BCUT2D eigenvalue weighted by Gasteiger charge is 2.58. The topological polar surface area (TPSA) is 47.7 Å². The Bertz CT molecular complexity index is 309. The Morgan fingerprint density at radius 2 is 2.16 bits per heavy atom. The van der Waals surface area contributed by atoms with Crippen molar-refractivity contribution in [1.29, 1.82) is 0 Å². The third kappa shape index (κ3) is 2.97. The van der Waals surface area contributed by atoms with E-state index in [1.807, 2.05) is 0 Å². The summed E-state index contributed by atoms with van der Waals surface area (Å²) in [5, 5.41) is 0. The number of hydrogen-bond acceptors (Lipinski definition) is 4. The maximum Gasteiger partial charge on any atom is 0.0673 e. The van der Waals surface area contributed by atoms with Crippen LogP contribution in [0.4, 0.5) is 0 Å². The lowest BCUT2D eigenvalue weighted by Gasteiger charge is -2.60. The molecule has 4 nitrogen and oxygen atoms in total. The average Bonchev–Trinajstić information content (AvgIpc) is 2.53. The molecule has 1 heterocycles. The van der Waals surface area contributed by atoms with Crippen LogP contribution in [0, 0.1) is 5.41 Å². The van der Waals surface area contributed by atoms with E-state index in [4.69, 9.17) is 15.2 Å². The summed E-state index contributed by atoms with van der Waals surface area (Å²) in [5.74, 6) is 0. The van der Waals surface area contributed by atoms with Gasteiger partial charge in [-0.25, -0.2) is 0 Å². The monoisotopic (exact) mass is 270 g/mol. The fourth-order valence-corrected chi connectivity index (χ4v) is 3.40. The van der Waals surface area contributed by atoms with Crippen LogP contribution in [0.5, 0.6) is 0 Å². The zero-order chi connectivity index (χ0) is 14.1. The Balaban J connectivity index is 1.94. The number of hydrogen-bond donors (Lipinski definition) is 1. The first-order valence-corrected chi connectivity index (χ1v) is 7.63. The Labute approximate surface area is 117 Å². The lowest BCUT2D eigenvalue weighted by molar-refractivity contribution is -0.156. The fraction of sp³-hybridized carbons (Fsp3) is 1.00. The Hall–Kier alpha value is -0.160. The van der Waals surface area contributed by atoms with Crippen LogP contribution in [0.25, 0.3) is 0 Å². The molecular weight excluding hydrogens is 240 g/mol. The van der Waals surface area contributed by atoms with E-state index in [2.05, 4.69) is 32.6 Å². The van der Waals surface area contributed by atoms with Gasteiger partial charge in [0.1, 0.15) is 0 Å². The van der Waals surface area contributed by atoms with E-state index in [0.717, 1.165) is 45.7 Å². The first-order chi connectivity index (χ1) is 8.89. The number of rotatable bonds is 4. The van der Waals surface area contributed by atoms with Crippen LogP contribution in [0.3, 0.4) is 0 Å². The van der Waals surface area contributed by atoms with Crippen molar-refractivity contribution < 1.29 is 9.47 Å². The zero-order valence-electron chi connectivity index (χ0n) is 12.9. The van der Waals surface area contributed by atoms with E-state index in [1.54, 1.807) is 0 Å². The van der Waals surface area contributed by atoms with E-state index < -0.39 is 0 Å². The molecular formula is C15H30N2O2. The molecule has 0 aromatic carbocycles. The minimum absolute atomic E-state index is 0.0550. The average molecular weight is 270 g/mol. The van der Waals surface area contributed by atoms with Crippen molar-refractivity contribution >= 4 is 0 Å². The highest BCUT2D eigenvalue weighted by molar-refractivity contribution is 5.14. The van der Waals surface area contributed by atoms with Crippen molar-refractivity contribution in [2.24, 2.45) is 11.1 Å². The molecule has 0 radical (unpaired) electrons. The molecule has 19 heavy (non-hydrogen) atoms. The van der Waals surface area contributed by atoms with E-state index in [9.17, 15) is 0 Å². The SMILES string of the molecule is CCOC1CC(N)(CN2CCCOC(C)C2)C1(C)C. The summed E-state index contributed by atoms with van der Waals surface area (Å²) >= 11 is 0. The van der Waals surface area contributed by atoms with Gasteiger partial charge >= 0.3 is 0 Å². The van der Waals surface area contributed by atoms with Gasteiger partial charge in [0.05, 0.1) is 12.2 Å². The number of nitrogens with two attached hydrogens (primary N) is 1. The number of ether oxygens (including phenoxy) is 2. The number of nitrogens with zero attached hydrogens (tertiary/aromatic N) is 1. The quantitative estimate of drug-likeness (QED) is 0.843. The highest BCUT2D eigenvalue weighted by Crippen LogP contribution is 2.50. The predicted molar refractivity (Wildman–Crippen MR) is 77.2 cm³/mol. The van der Waals surface area contributed by atoms with Gasteiger partial charge in [-0.1, -0.05) is 13.8 Å². The maximum absolute atomic E-state index is 6.67. The van der Waals surface area contributed by atoms with Crippen LogP contribution in [0.15, 0.2) is 0 Å². The predicted octanol–water partition coefficient (Wildman–Crippen LogP) is 1.63. The summed E-state index contributed by atoms with van der Waals surface area (Å²) in [4.78, 5) is 2.47. The highest BCUT2D eigenvalue weighted by atomic mass is 16.5. The van der Waals surface area contributed by atoms with Crippen molar-refractivity contribution in [1.82, 2.24) is 4.90 Å². The second-order valence-corrected chi connectivity index (χ2v) is 6.80. The van der Waals surface area contributed by atoms with Gasteiger partial charge in [-0.15, -0.1) is 0 Å². The molecule has 1 aliphatic carbocycles. The molecule has 3 atom stereocenters. The summed E-state index contributed by atoms with van der Waals surface area (Å²) in [6, 6.07) is 0. The van der Waals surface area contributed by atoms with Crippen molar-refractivity contribution in [3.63, 3.8) is 0 Å². The molecule has 1 saturated heterocycles. The third-order valence-electron chi connectivity index (χ3n) is 5.05. The van der Waals surface area contributed by atoms with Crippen LogP contribution in [0.1, 0.15) is 40.5 Å². The summed E-state index contributed by atoms with van der Waals surface area (Å²) in [7, 11) is 0. The summed E-state index contributed by atoms with van der Waals surface area (Å²) in [5.41, 5.74) is 6.59. The van der Waals surface area contributed by atoms with Gasteiger partial charge < -0.3 is 15.2 Å². The zero-order valence-corrected chi connectivity index (χ0v) is 12.9. The van der Waals surface area contributed by atoms with Crippen molar-refractivity contribution in [2.75, 3.05) is 32.8 Å². The summed E-state index contributed by atoms with van der Waals surface area (Å²) in [6.07, 6.45) is 2.70. The van der Waals surface area contributed by atoms with Crippen LogP contribution in [-0.4, -0.2) is 55.5 Å². The smallest absolute Gasteiger partial charge is 0.0673 e. The van der Waals surface area contributed by atoms with E-state index in [1.165, 1.54) is 0 Å². The summed E-state index contributed by atoms with van der Waals surface area (Å²) in [6.45, 7) is 13.4. The van der Waals surface area contributed by atoms with Gasteiger partial charge in [0.2, 0.25) is 0 Å². The molecule has 0 aromatic rings. The Kier molecular flexibility index (Phi) is 4.56. The van der Waals surface area contributed by atoms with Gasteiger partial charge in [0.15, 0.2) is 0 Å². The molecule has 2 rings (SSSR count). The van der Waals surface area contributed by atoms with Crippen molar-refractivity contribution in [3.05, 3.63) is 0 Å². The second kappa shape index (κ2) is 5.68. The van der Waals surface area contributed by atoms with E-state index in [0.29, 0.717) is 12.2 Å². The normalized spacial score (nSPS) is 39.6. The molecule has 2 N–H and O–H groups in total. The Morgan fingerprint density at radius 1 is 1.42 bits per heavy atom. The fourth-order valence-electron chi connectivity index (χ4n) is 3.40. The maximum atomic E-state index is 6.67. The molecule has 2 fully saturated rings. The standard InChI is InChI=1S/C15H30N2O2/c1-5-18-13-9-15(16,14(13,3)4)11-17-7-6-8-19-12(2)10-17/h12-13H,5-11,16H2,1-4H3. The molecule has 3 unspecified atom stereocenters. The lowest BCUT2D eigenvalue weighted by atomic mass is 9.54. The van der Waals surface area contributed by atoms with Crippen LogP contribution >= 0.6 is 0 Å². The molecule has 1 saturated carbocycles. The van der Waals surface area contributed by atoms with Crippen LogP contribution in [-0.2, 0) is 9.47 Å². The molecule has 0 aromatic heterocycles. The van der Waals surface area contributed by atoms with Crippen molar-refractivity contribution in [3.8, 4) is 0 Å². The molecule has 112 valence electrons. The lowest BCUT2D eigenvalue weighted by Crippen LogP contribution is -2.73. The molecule has 0 spiro atoms. The largest absolute Gasteiger partial charge is 0.378 e. The van der Waals surface area contributed by atoms with Gasteiger partial charge in [-0.05, 0) is 26.7 Å². The second-order valence-electron chi connectivity index (χ2n) is 6.80. The molecule has 0 bridgehead atoms. The minimum atomic E-state index is -0.128.